The van der Waals surface area contributed by atoms with Crippen molar-refractivity contribution < 1.29 is 4.79 Å². The van der Waals surface area contributed by atoms with E-state index in [-0.39, 0.29) is 0 Å². The maximum atomic E-state index is 10.3. The molecule has 0 amide bonds. The van der Waals surface area contributed by atoms with Gasteiger partial charge in [0.2, 0.25) is 0 Å². The van der Waals surface area contributed by atoms with Crippen LogP contribution in [0.5, 0.6) is 0 Å². The first-order valence-corrected chi connectivity index (χ1v) is 3.55. The van der Waals surface area contributed by atoms with Crippen LogP contribution in [0.25, 0.3) is 0 Å². The second-order valence-electron chi connectivity index (χ2n) is 2.56. The number of carbonyl (C=O) groups excluding carboxylic acids is 1. The van der Waals surface area contributed by atoms with Crippen LogP contribution in [0.2, 0.25) is 0 Å². The molecule has 1 N–H and O–H groups in total. The van der Waals surface area contributed by atoms with Gasteiger partial charge in [-0.05, 0) is 11.6 Å². The first-order valence-electron chi connectivity index (χ1n) is 3.55. The number of hydrogen-bond acceptors (Lipinski definition) is 3. The van der Waals surface area contributed by atoms with Gasteiger partial charge in [-0.1, -0.05) is 6.07 Å². The number of fused-ring (bicyclic) bond motifs is 1. The third-order valence-electron chi connectivity index (χ3n) is 1.82. The molecular formula is C8H8N2O. The Morgan fingerprint density at radius 3 is 3.18 bits per heavy atom. The molecule has 1 aliphatic rings. The van der Waals surface area contributed by atoms with Gasteiger partial charge < -0.3 is 5.32 Å². The molecule has 0 radical (unpaired) electrons. The lowest BCUT2D eigenvalue weighted by Crippen LogP contribution is -2.00. The molecule has 0 aliphatic carbocycles. The van der Waals surface area contributed by atoms with Gasteiger partial charge in [0.15, 0.2) is 6.29 Å². The first-order chi connectivity index (χ1) is 5.40. The van der Waals surface area contributed by atoms with Crippen LogP contribution < -0.4 is 5.32 Å². The van der Waals surface area contributed by atoms with Crippen LogP contribution in [0.4, 0.5) is 0 Å². The van der Waals surface area contributed by atoms with Gasteiger partial charge in [0.05, 0.1) is 5.69 Å². The molecule has 11 heavy (non-hydrogen) atoms. The quantitative estimate of drug-likeness (QED) is 0.589. The minimum absolute atomic E-state index is 0.521. The molecule has 0 spiro atoms. The fourth-order valence-electron chi connectivity index (χ4n) is 1.24. The van der Waals surface area contributed by atoms with E-state index in [9.17, 15) is 4.79 Å². The van der Waals surface area contributed by atoms with Crippen molar-refractivity contribution in [2.24, 2.45) is 0 Å². The van der Waals surface area contributed by atoms with Crippen LogP contribution >= 0.6 is 0 Å². The van der Waals surface area contributed by atoms with Crippen LogP contribution in [0.15, 0.2) is 12.1 Å². The minimum Gasteiger partial charge on any atom is -0.307 e. The smallest absolute Gasteiger partial charge is 0.168 e. The van der Waals surface area contributed by atoms with Crippen LogP contribution in [-0.4, -0.2) is 11.3 Å². The Morgan fingerprint density at radius 2 is 2.36 bits per heavy atom. The van der Waals surface area contributed by atoms with E-state index in [1.165, 1.54) is 5.56 Å². The molecule has 0 atom stereocenters. The van der Waals surface area contributed by atoms with E-state index >= 15 is 0 Å². The second kappa shape index (κ2) is 2.43. The molecule has 56 valence electrons. The minimum atomic E-state index is 0.521. The highest BCUT2D eigenvalue weighted by Gasteiger charge is 2.10. The number of nitrogens with one attached hydrogen (secondary N) is 1. The molecule has 1 aromatic rings. The zero-order valence-corrected chi connectivity index (χ0v) is 6.00. The summed E-state index contributed by atoms with van der Waals surface area (Å²) in [5.41, 5.74) is 2.73. The van der Waals surface area contributed by atoms with Crippen molar-refractivity contribution in [3.05, 3.63) is 29.1 Å². The van der Waals surface area contributed by atoms with Gasteiger partial charge in [0.1, 0.15) is 5.69 Å². The zero-order valence-electron chi connectivity index (χ0n) is 6.00. The lowest BCUT2D eigenvalue weighted by atomic mass is 10.2. The maximum Gasteiger partial charge on any atom is 0.168 e. The number of pyridine rings is 1. The van der Waals surface area contributed by atoms with Crippen molar-refractivity contribution >= 4 is 6.29 Å². The van der Waals surface area contributed by atoms with Gasteiger partial charge in [-0.15, -0.1) is 0 Å². The predicted molar refractivity (Wildman–Crippen MR) is 40.2 cm³/mol. The van der Waals surface area contributed by atoms with Gasteiger partial charge in [-0.3, -0.25) is 4.79 Å². The number of rotatable bonds is 1. The third-order valence-corrected chi connectivity index (χ3v) is 1.82. The predicted octanol–water partition coefficient (Wildman–Crippen LogP) is 0.497. The summed E-state index contributed by atoms with van der Waals surface area (Å²) in [6, 6.07) is 3.70. The van der Waals surface area contributed by atoms with Gasteiger partial charge >= 0.3 is 0 Å². The average molecular weight is 148 g/mol. The number of aldehydes is 1. The van der Waals surface area contributed by atoms with Crippen molar-refractivity contribution in [2.75, 3.05) is 0 Å². The normalized spacial score (nSPS) is 14.5. The second-order valence-corrected chi connectivity index (χ2v) is 2.56. The van der Waals surface area contributed by atoms with Crippen molar-refractivity contribution in [3.63, 3.8) is 0 Å². The summed E-state index contributed by atoms with van der Waals surface area (Å²) in [5.74, 6) is 0. The van der Waals surface area contributed by atoms with Crippen LogP contribution in [0.1, 0.15) is 21.7 Å². The van der Waals surface area contributed by atoms with E-state index in [1.807, 2.05) is 6.07 Å². The molecule has 2 heterocycles. The molecule has 2 rings (SSSR count). The Bertz CT molecular complexity index is 296. The molecule has 3 heteroatoms. The summed E-state index contributed by atoms with van der Waals surface area (Å²) in [7, 11) is 0. The van der Waals surface area contributed by atoms with E-state index < -0.39 is 0 Å². The molecule has 0 bridgehead atoms. The lowest BCUT2D eigenvalue weighted by molar-refractivity contribution is 0.111. The van der Waals surface area contributed by atoms with Crippen molar-refractivity contribution in [2.45, 2.75) is 13.1 Å². The molecule has 0 saturated heterocycles. The Balaban J connectivity index is 2.48. The molecule has 0 fully saturated rings. The molecule has 1 aromatic heterocycles. The highest BCUT2D eigenvalue weighted by atomic mass is 16.1. The van der Waals surface area contributed by atoms with E-state index in [0.29, 0.717) is 5.69 Å². The standard InChI is InChI=1S/C8H8N2O/c11-5-7-2-1-6-3-9-4-8(6)10-7/h1-2,5,9H,3-4H2. The number of carbonyl (C=O) groups is 1. The van der Waals surface area contributed by atoms with Crippen LogP contribution in [0.3, 0.4) is 0 Å². The Hall–Kier alpha value is -1.22. The number of aromatic nitrogens is 1. The van der Waals surface area contributed by atoms with Crippen molar-refractivity contribution in [3.8, 4) is 0 Å². The molecular weight excluding hydrogens is 140 g/mol. The van der Waals surface area contributed by atoms with Gasteiger partial charge in [-0.25, -0.2) is 4.98 Å². The first kappa shape index (κ1) is 6.49. The van der Waals surface area contributed by atoms with Gasteiger partial charge in [0, 0.05) is 13.1 Å². The molecule has 0 unspecified atom stereocenters. The third kappa shape index (κ3) is 1.03. The Labute approximate surface area is 64.5 Å². The number of hydrogen-bond donors (Lipinski definition) is 1. The van der Waals surface area contributed by atoms with E-state index in [4.69, 9.17) is 0 Å². The van der Waals surface area contributed by atoms with Crippen LogP contribution in [-0.2, 0) is 13.1 Å². The monoisotopic (exact) mass is 148 g/mol. The Kier molecular flexibility index (Phi) is 1.43. The Morgan fingerprint density at radius 1 is 1.45 bits per heavy atom. The van der Waals surface area contributed by atoms with Gasteiger partial charge in [0.25, 0.3) is 0 Å². The summed E-state index contributed by atoms with van der Waals surface area (Å²) in [4.78, 5) is 14.5. The SMILES string of the molecule is O=Cc1ccc2c(n1)CNC2. The van der Waals surface area contributed by atoms with E-state index in [2.05, 4.69) is 10.3 Å². The van der Waals surface area contributed by atoms with Crippen molar-refractivity contribution in [1.29, 1.82) is 0 Å². The summed E-state index contributed by atoms with van der Waals surface area (Å²) in [6.45, 7) is 1.67. The van der Waals surface area contributed by atoms with E-state index in [0.717, 1.165) is 25.1 Å². The largest absolute Gasteiger partial charge is 0.307 e. The molecule has 1 aliphatic heterocycles. The molecule has 3 nitrogen and oxygen atoms in total. The highest BCUT2D eigenvalue weighted by molar-refractivity contribution is 5.71. The fraction of sp³-hybridized carbons (Fsp3) is 0.250. The highest BCUT2D eigenvalue weighted by Crippen LogP contribution is 2.11. The topological polar surface area (TPSA) is 42.0 Å². The lowest BCUT2D eigenvalue weighted by Gasteiger charge is -1.95. The zero-order chi connectivity index (χ0) is 7.68. The fourth-order valence-corrected chi connectivity index (χ4v) is 1.24. The molecule has 0 saturated carbocycles. The van der Waals surface area contributed by atoms with Crippen molar-refractivity contribution in [1.82, 2.24) is 10.3 Å². The summed E-state index contributed by atoms with van der Waals surface area (Å²) < 4.78 is 0. The van der Waals surface area contributed by atoms with E-state index in [1.54, 1.807) is 6.07 Å². The molecule has 0 aromatic carbocycles. The summed E-state index contributed by atoms with van der Waals surface area (Å²) >= 11 is 0. The number of nitrogens with zero attached hydrogens (tertiary/aromatic N) is 1. The maximum absolute atomic E-state index is 10.3. The summed E-state index contributed by atoms with van der Waals surface area (Å²) in [5, 5.41) is 3.16. The van der Waals surface area contributed by atoms with Gasteiger partial charge in [-0.2, -0.15) is 0 Å². The van der Waals surface area contributed by atoms with Crippen LogP contribution in [0, 0.1) is 0 Å². The summed E-state index contributed by atoms with van der Waals surface area (Å²) in [6.07, 6.45) is 0.776. The average Bonchev–Trinajstić information content (AvgIpc) is 2.50.